The first-order valence-electron chi connectivity index (χ1n) is 17.8. The SMILES string of the molecule is O=C(NS(=O)(=O)c1ccc(NCCSc2ccccc2)c(C(F)(F)F)c1)c1ccc(N2CCN(Cc3ccc(-c4cccc(O)c4)c4ccccc34)CC2)nn1. The van der Waals surface area contributed by atoms with Crippen LogP contribution in [0.2, 0.25) is 0 Å². The first-order chi connectivity index (χ1) is 26.9. The number of thioether (sulfide) groups is 1. The van der Waals surface area contributed by atoms with Crippen LogP contribution in [0.4, 0.5) is 24.7 Å². The van der Waals surface area contributed by atoms with E-state index in [1.807, 2.05) is 64.2 Å². The lowest BCUT2D eigenvalue weighted by Gasteiger charge is -2.35. The third-order valence-electron chi connectivity index (χ3n) is 9.41. The summed E-state index contributed by atoms with van der Waals surface area (Å²) in [5, 5.41) is 23.1. The molecule has 10 nitrogen and oxygen atoms in total. The van der Waals surface area contributed by atoms with Gasteiger partial charge in [0.25, 0.3) is 15.9 Å². The van der Waals surface area contributed by atoms with Crippen molar-refractivity contribution in [2.24, 2.45) is 0 Å². The maximum Gasteiger partial charge on any atom is 0.418 e. The summed E-state index contributed by atoms with van der Waals surface area (Å²) in [4.78, 5) is 17.5. The number of sulfonamides is 1. The average Bonchev–Trinajstić information content (AvgIpc) is 3.20. The lowest BCUT2D eigenvalue weighted by atomic mass is 9.94. The normalized spacial score (nSPS) is 13.8. The number of aromatic nitrogens is 2. The fourth-order valence-corrected chi connectivity index (χ4v) is 8.38. The van der Waals surface area contributed by atoms with Crippen molar-refractivity contribution in [3.8, 4) is 16.9 Å². The highest BCUT2D eigenvalue weighted by Crippen LogP contribution is 2.37. The molecule has 0 unspecified atom stereocenters. The Labute approximate surface area is 326 Å². The molecule has 0 bridgehead atoms. The minimum absolute atomic E-state index is 0.199. The van der Waals surface area contributed by atoms with Gasteiger partial charge in [0.15, 0.2) is 11.5 Å². The van der Waals surface area contributed by atoms with Gasteiger partial charge in [0.05, 0.1) is 10.5 Å². The predicted octanol–water partition coefficient (Wildman–Crippen LogP) is 7.67. The number of rotatable bonds is 12. The maximum atomic E-state index is 14.0. The van der Waals surface area contributed by atoms with Gasteiger partial charge in [-0.25, -0.2) is 13.1 Å². The van der Waals surface area contributed by atoms with Crippen LogP contribution in [0.3, 0.4) is 0 Å². The Kier molecular flexibility index (Phi) is 11.5. The summed E-state index contributed by atoms with van der Waals surface area (Å²) in [5.74, 6) is 0.0740. The average molecular weight is 799 g/mol. The number of carbonyl (C=O) groups is 1. The number of aromatic hydroxyl groups is 1. The van der Waals surface area contributed by atoms with E-state index >= 15 is 0 Å². The van der Waals surface area contributed by atoms with Crippen molar-refractivity contribution in [2.45, 2.75) is 22.5 Å². The largest absolute Gasteiger partial charge is 0.508 e. The van der Waals surface area contributed by atoms with Crippen LogP contribution in [-0.2, 0) is 22.7 Å². The van der Waals surface area contributed by atoms with Crippen LogP contribution in [0.15, 0.2) is 131 Å². The Morgan fingerprint density at radius 1 is 0.804 bits per heavy atom. The van der Waals surface area contributed by atoms with Gasteiger partial charge in [-0.1, -0.05) is 66.7 Å². The summed E-state index contributed by atoms with van der Waals surface area (Å²) in [6.45, 7) is 3.65. The molecule has 0 aliphatic carbocycles. The van der Waals surface area contributed by atoms with Gasteiger partial charge in [-0.2, -0.15) is 13.2 Å². The number of piperazine rings is 1. The number of phenols is 1. The van der Waals surface area contributed by atoms with Crippen molar-refractivity contribution in [1.82, 2.24) is 19.8 Å². The molecule has 0 atom stereocenters. The number of hydrogen-bond acceptors (Lipinski definition) is 10. The van der Waals surface area contributed by atoms with E-state index in [0.717, 1.165) is 58.6 Å². The van der Waals surface area contributed by atoms with Crippen LogP contribution < -0.4 is 14.9 Å². The van der Waals surface area contributed by atoms with Gasteiger partial charge in [0.2, 0.25) is 0 Å². The predicted molar refractivity (Wildman–Crippen MR) is 212 cm³/mol. The number of hydrogen-bond donors (Lipinski definition) is 3. The second kappa shape index (κ2) is 16.6. The molecular weight excluding hydrogens is 762 g/mol. The Hall–Kier alpha value is -5.64. The molecule has 7 rings (SSSR count). The van der Waals surface area contributed by atoms with Gasteiger partial charge in [-0.05, 0) is 82.1 Å². The Morgan fingerprint density at radius 2 is 1.55 bits per heavy atom. The van der Waals surface area contributed by atoms with Gasteiger partial charge < -0.3 is 15.3 Å². The summed E-state index contributed by atoms with van der Waals surface area (Å²) >= 11 is 1.47. The number of halogens is 3. The van der Waals surface area contributed by atoms with Gasteiger partial charge in [-0.15, -0.1) is 22.0 Å². The number of anilines is 2. The van der Waals surface area contributed by atoms with Crippen molar-refractivity contribution in [1.29, 1.82) is 0 Å². The first-order valence-corrected chi connectivity index (χ1v) is 20.2. The monoisotopic (exact) mass is 798 g/mol. The number of nitrogens with one attached hydrogen (secondary N) is 2. The third-order valence-corrected chi connectivity index (χ3v) is 11.8. The molecule has 1 aliphatic rings. The van der Waals surface area contributed by atoms with E-state index in [9.17, 15) is 31.5 Å². The zero-order chi connectivity index (χ0) is 39.3. The molecule has 1 aromatic heterocycles. The number of alkyl halides is 3. The van der Waals surface area contributed by atoms with E-state index in [4.69, 9.17) is 0 Å². The molecule has 0 radical (unpaired) electrons. The van der Waals surface area contributed by atoms with E-state index in [0.29, 0.717) is 30.7 Å². The zero-order valence-corrected chi connectivity index (χ0v) is 31.5. The molecule has 5 aromatic carbocycles. The molecule has 6 aromatic rings. The number of nitrogens with zero attached hydrogens (tertiary/aromatic N) is 4. The highest BCUT2D eigenvalue weighted by Gasteiger charge is 2.35. The second-order valence-corrected chi connectivity index (χ2v) is 16.0. The number of fused-ring (bicyclic) bond motifs is 1. The molecule has 1 saturated heterocycles. The molecule has 56 heavy (non-hydrogen) atoms. The quantitative estimate of drug-likeness (QED) is 0.0839. The van der Waals surface area contributed by atoms with E-state index in [-0.39, 0.29) is 23.7 Å². The lowest BCUT2D eigenvalue weighted by molar-refractivity contribution is -0.137. The molecular formula is C41H37F3N6O4S2. The fourth-order valence-electron chi connectivity index (χ4n) is 6.60. The van der Waals surface area contributed by atoms with Crippen molar-refractivity contribution in [3.05, 3.63) is 138 Å². The van der Waals surface area contributed by atoms with Gasteiger partial charge >= 0.3 is 6.18 Å². The van der Waals surface area contributed by atoms with Crippen LogP contribution in [0, 0.1) is 0 Å². The summed E-state index contributed by atoms with van der Waals surface area (Å²) in [6.07, 6.45) is -4.86. The van der Waals surface area contributed by atoms with Crippen LogP contribution >= 0.6 is 11.8 Å². The molecule has 2 heterocycles. The van der Waals surface area contributed by atoms with E-state index < -0.39 is 32.6 Å². The topological polar surface area (TPSA) is 128 Å². The molecule has 0 saturated carbocycles. The lowest BCUT2D eigenvalue weighted by Crippen LogP contribution is -2.46. The summed E-state index contributed by atoms with van der Waals surface area (Å²) in [6, 6.07) is 34.5. The smallest absolute Gasteiger partial charge is 0.418 e. The van der Waals surface area contributed by atoms with Crippen LogP contribution in [0.5, 0.6) is 5.75 Å². The van der Waals surface area contributed by atoms with Gasteiger partial charge in [-0.3, -0.25) is 9.69 Å². The molecule has 1 amide bonds. The van der Waals surface area contributed by atoms with Crippen molar-refractivity contribution < 1.29 is 31.5 Å². The van der Waals surface area contributed by atoms with Gasteiger partial charge in [0.1, 0.15) is 5.75 Å². The van der Waals surface area contributed by atoms with Crippen LogP contribution in [0.1, 0.15) is 21.6 Å². The number of phenolic OH excluding ortho intramolecular Hbond substituents is 1. The van der Waals surface area contributed by atoms with E-state index in [1.165, 1.54) is 23.4 Å². The van der Waals surface area contributed by atoms with Gasteiger partial charge in [0, 0.05) is 55.6 Å². The highest BCUT2D eigenvalue weighted by molar-refractivity contribution is 7.99. The van der Waals surface area contributed by atoms with Crippen LogP contribution in [0.25, 0.3) is 21.9 Å². The Bertz CT molecular complexity index is 2450. The van der Waals surface area contributed by atoms with Crippen molar-refractivity contribution in [2.75, 3.05) is 48.7 Å². The molecule has 288 valence electrons. The standard InChI is InChI=1S/C41H37F3N6O4S2/c42-41(43,44)36-26-32(14-16-37(36)45-19-24-55-31-9-2-1-3-10-31)56(53,54)48-40(52)38-17-18-39(47-46-38)50-22-20-49(21-23-50)27-29-13-15-34(28-7-6-8-30(51)25-28)35-12-5-4-11-33(29)35/h1-18,25-26,45,51H,19-24,27H2,(H,48,52). The molecule has 1 fully saturated rings. The minimum Gasteiger partial charge on any atom is -0.508 e. The number of benzene rings is 5. The van der Waals surface area contributed by atoms with E-state index in [2.05, 4.69) is 44.7 Å². The molecule has 15 heteroatoms. The summed E-state index contributed by atoms with van der Waals surface area (Å²) in [5.41, 5.74) is 1.42. The molecule has 0 spiro atoms. The van der Waals surface area contributed by atoms with Crippen molar-refractivity contribution >= 4 is 50.0 Å². The van der Waals surface area contributed by atoms with Crippen LogP contribution in [-0.4, -0.2) is 73.0 Å². The summed E-state index contributed by atoms with van der Waals surface area (Å²) < 4.78 is 70.0. The summed E-state index contributed by atoms with van der Waals surface area (Å²) in [7, 11) is -4.69. The second-order valence-electron chi connectivity index (χ2n) is 13.1. The Balaban J connectivity index is 0.950. The Morgan fingerprint density at radius 3 is 2.27 bits per heavy atom. The zero-order valence-electron chi connectivity index (χ0n) is 29.9. The minimum atomic E-state index is -4.86. The number of amides is 1. The number of carbonyl (C=O) groups excluding carboxylic acids is 1. The van der Waals surface area contributed by atoms with Crippen molar-refractivity contribution in [3.63, 3.8) is 0 Å². The van der Waals surface area contributed by atoms with E-state index in [1.54, 1.807) is 18.2 Å². The maximum absolute atomic E-state index is 14.0. The highest BCUT2D eigenvalue weighted by atomic mass is 32.2. The third kappa shape index (κ3) is 9.07. The molecule has 3 N–H and O–H groups in total. The fraction of sp³-hybridized carbons (Fsp3) is 0.195. The first kappa shape index (κ1) is 38.6. The molecule has 1 aliphatic heterocycles.